The van der Waals surface area contributed by atoms with Gasteiger partial charge < -0.3 is 15.0 Å². The zero-order valence-corrected chi connectivity index (χ0v) is 17.0. The number of likely N-dealkylation sites (N-methyl/N-ethyl adjacent to an activating group) is 1. The Morgan fingerprint density at radius 3 is 2.44 bits per heavy atom. The largest absolute Gasteiger partial charge is 0.497 e. The van der Waals surface area contributed by atoms with E-state index in [0.717, 1.165) is 28.3 Å². The molecule has 0 aliphatic rings. The molecule has 1 atom stereocenters. The number of carbonyl (C=O) groups excluding carboxylic acids is 2. The predicted molar refractivity (Wildman–Crippen MR) is 110 cm³/mol. The summed E-state index contributed by atoms with van der Waals surface area (Å²) in [6.07, 6.45) is 0.834. The molecule has 0 bridgehead atoms. The van der Waals surface area contributed by atoms with Crippen molar-refractivity contribution >= 4 is 29.3 Å². The van der Waals surface area contributed by atoms with Crippen molar-refractivity contribution < 1.29 is 14.3 Å². The average Bonchev–Trinajstić information content (AvgIpc) is 2.68. The lowest BCUT2D eigenvalue weighted by Gasteiger charge is -2.21. The van der Waals surface area contributed by atoms with E-state index in [1.165, 1.54) is 16.7 Å². The Balaban J connectivity index is 1.90. The van der Waals surface area contributed by atoms with Crippen LogP contribution in [-0.4, -0.2) is 42.7 Å². The zero-order chi connectivity index (χ0) is 19.8. The topological polar surface area (TPSA) is 58.6 Å². The molecule has 0 saturated heterocycles. The van der Waals surface area contributed by atoms with Crippen molar-refractivity contribution in [3.05, 3.63) is 54.1 Å². The summed E-state index contributed by atoms with van der Waals surface area (Å²) in [5, 5.41) is 2.60. The molecular weight excluding hydrogens is 360 g/mol. The van der Waals surface area contributed by atoms with E-state index >= 15 is 0 Å². The van der Waals surface area contributed by atoms with Gasteiger partial charge in [-0.3, -0.25) is 9.59 Å². The smallest absolute Gasteiger partial charge is 0.243 e. The number of nitrogens with one attached hydrogen (secondary N) is 1. The molecule has 0 aromatic heterocycles. The van der Waals surface area contributed by atoms with Crippen LogP contribution in [0.3, 0.4) is 0 Å². The van der Waals surface area contributed by atoms with Crippen LogP contribution < -0.4 is 10.1 Å². The molecule has 0 radical (unpaired) electrons. The first-order valence-electron chi connectivity index (χ1n) is 8.88. The minimum atomic E-state index is -0.292. The van der Waals surface area contributed by atoms with Crippen molar-refractivity contribution in [3.8, 4) is 5.75 Å². The Bertz CT molecular complexity index is 777. The van der Waals surface area contributed by atoms with Gasteiger partial charge >= 0.3 is 0 Å². The Hall–Kier alpha value is -2.47. The number of hydrogen-bond donors (Lipinski definition) is 1. The predicted octanol–water partition coefficient (Wildman–Crippen LogP) is 3.84. The van der Waals surface area contributed by atoms with Crippen LogP contribution in [0.2, 0.25) is 0 Å². The summed E-state index contributed by atoms with van der Waals surface area (Å²) in [6, 6.07) is 15.3. The van der Waals surface area contributed by atoms with Crippen LogP contribution in [-0.2, 0) is 16.0 Å². The number of ether oxygens (including phenoxy) is 1. The second kappa shape index (κ2) is 10.0. The Morgan fingerprint density at radius 2 is 1.81 bits per heavy atom. The quantitative estimate of drug-likeness (QED) is 0.701. The molecule has 2 amide bonds. The fraction of sp³-hybridized carbons (Fsp3) is 0.333. The minimum absolute atomic E-state index is 0.0182. The van der Waals surface area contributed by atoms with Crippen LogP contribution in [0, 0.1) is 0 Å². The summed E-state index contributed by atoms with van der Waals surface area (Å²) in [6.45, 7) is 3.90. The molecule has 27 heavy (non-hydrogen) atoms. The maximum absolute atomic E-state index is 12.6. The molecule has 0 spiro atoms. The Labute approximate surface area is 165 Å². The van der Waals surface area contributed by atoms with Crippen molar-refractivity contribution in [2.75, 3.05) is 26.0 Å². The van der Waals surface area contributed by atoms with Crippen molar-refractivity contribution in [2.24, 2.45) is 0 Å². The van der Waals surface area contributed by atoms with E-state index in [1.54, 1.807) is 14.2 Å². The molecule has 2 aromatic rings. The lowest BCUT2D eigenvalue weighted by atomic mass is 10.1. The number of methoxy groups -OCH3 is 1. The molecule has 0 fully saturated rings. The van der Waals surface area contributed by atoms with Gasteiger partial charge in [-0.05, 0) is 49.2 Å². The molecule has 0 saturated carbocycles. The van der Waals surface area contributed by atoms with E-state index in [9.17, 15) is 9.59 Å². The fourth-order valence-corrected chi connectivity index (χ4v) is 3.64. The maximum atomic E-state index is 12.6. The molecule has 0 heterocycles. The third-order valence-electron chi connectivity index (χ3n) is 4.15. The molecule has 1 N–H and O–H groups in total. The van der Waals surface area contributed by atoms with Crippen LogP contribution >= 0.6 is 11.8 Å². The Kier molecular flexibility index (Phi) is 7.73. The summed E-state index contributed by atoms with van der Waals surface area (Å²) >= 11 is 1.46. The summed E-state index contributed by atoms with van der Waals surface area (Å²) in [7, 11) is 3.27. The molecule has 0 unspecified atom stereocenters. The summed E-state index contributed by atoms with van der Waals surface area (Å²) in [5.74, 6) is 0.489. The van der Waals surface area contributed by atoms with Crippen molar-refractivity contribution in [1.29, 1.82) is 0 Å². The van der Waals surface area contributed by atoms with Crippen LogP contribution in [0.5, 0.6) is 5.75 Å². The molecule has 0 aliphatic carbocycles. The summed E-state index contributed by atoms with van der Waals surface area (Å²) < 4.78 is 5.14. The van der Waals surface area contributed by atoms with E-state index < -0.39 is 0 Å². The van der Waals surface area contributed by atoms with Crippen molar-refractivity contribution in [2.45, 2.75) is 30.4 Å². The van der Waals surface area contributed by atoms with Gasteiger partial charge in [0.25, 0.3) is 0 Å². The number of thioether (sulfide) groups is 1. The summed E-state index contributed by atoms with van der Waals surface area (Å²) in [5.41, 5.74) is 1.87. The lowest BCUT2D eigenvalue weighted by Crippen LogP contribution is -2.39. The number of anilines is 1. The van der Waals surface area contributed by atoms with Crippen LogP contribution in [0.4, 0.5) is 5.69 Å². The van der Waals surface area contributed by atoms with E-state index in [1.807, 2.05) is 62.4 Å². The highest BCUT2D eigenvalue weighted by molar-refractivity contribution is 8.00. The van der Waals surface area contributed by atoms with E-state index in [2.05, 4.69) is 5.32 Å². The molecular formula is C21H26N2O3S. The first kappa shape index (κ1) is 20.8. The first-order chi connectivity index (χ1) is 12.9. The molecule has 2 aromatic carbocycles. The van der Waals surface area contributed by atoms with Gasteiger partial charge in [0.1, 0.15) is 5.75 Å². The van der Waals surface area contributed by atoms with Gasteiger partial charge in [0.15, 0.2) is 0 Å². The highest BCUT2D eigenvalue weighted by atomic mass is 32.2. The molecule has 144 valence electrons. The fourth-order valence-electron chi connectivity index (χ4n) is 2.65. The number of benzene rings is 2. The molecule has 0 aliphatic heterocycles. The second-order valence-corrected chi connectivity index (χ2v) is 7.60. The monoisotopic (exact) mass is 386 g/mol. The Morgan fingerprint density at radius 1 is 1.15 bits per heavy atom. The van der Waals surface area contributed by atoms with Gasteiger partial charge in [-0.25, -0.2) is 0 Å². The molecule has 6 heteroatoms. The van der Waals surface area contributed by atoms with Crippen molar-refractivity contribution in [1.82, 2.24) is 4.90 Å². The minimum Gasteiger partial charge on any atom is -0.497 e. The van der Waals surface area contributed by atoms with Crippen molar-refractivity contribution in [3.63, 3.8) is 0 Å². The van der Waals surface area contributed by atoms with E-state index in [-0.39, 0.29) is 23.6 Å². The van der Waals surface area contributed by atoms with E-state index in [4.69, 9.17) is 4.74 Å². The average molecular weight is 387 g/mol. The van der Waals surface area contributed by atoms with Gasteiger partial charge in [0, 0.05) is 17.6 Å². The van der Waals surface area contributed by atoms with Crippen LogP contribution in [0.1, 0.15) is 19.4 Å². The number of amides is 2. The SMILES string of the molecule is CCc1ccccc1NC(=O)CN(C)C(=O)[C@H](C)Sc1ccc(OC)cc1. The third-order valence-corrected chi connectivity index (χ3v) is 5.25. The number of rotatable bonds is 8. The molecule has 5 nitrogen and oxygen atoms in total. The first-order valence-corrected chi connectivity index (χ1v) is 9.76. The highest BCUT2D eigenvalue weighted by Gasteiger charge is 2.21. The summed E-state index contributed by atoms with van der Waals surface area (Å²) in [4.78, 5) is 27.3. The standard InChI is InChI=1S/C21H26N2O3S/c1-5-16-8-6-7-9-19(16)22-20(24)14-23(3)21(25)15(2)27-18-12-10-17(26-4)11-13-18/h6-13,15H,5,14H2,1-4H3,(H,22,24)/t15-/m0/s1. The number of para-hydroxylation sites is 1. The van der Waals surface area contributed by atoms with Gasteiger partial charge in [-0.1, -0.05) is 25.1 Å². The highest BCUT2D eigenvalue weighted by Crippen LogP contribution is 2.26. The maximum Gasteiger partial charge on any atom is 0.243 e. The van der Waals surface area contributed by atoms with Crippen LogP contribution in [0.25, 0.3) is 0 Å². The number of hydrogen-bond acceptors (Lipinski definition) is 4. The normalized spacial score (nSPS) is 11.6. The van der Waals surface area contributed by atoms with Gasteiger partial charge in [0.05, 0.1) is 18.9 Å². The number of aryl methyl sites for hydroxylation is 1. The van der Waals surface area contributed by atoms with Gasteiger partial charge in [-0.15, -0.1) is 11.8 Å². The number of nitrogens with zero attached hydrogens (tertiary/aromatic N) is 1. The third kappa shape index (κ3) is 6.03. The molecule has 2 rings (SSSR count). The van der Waals surface area contributed by atoms with E-state index in [0.29, 0.717) is 0 Å². The lowest BCUT2D eigenvalue weighted by molar-refractivity contribution is -0.132. The van der Waals surface area contributed by atoms with Crippen LogP contribution in [0.15, 0.2) is 53.4 Å². The van der Waals surface area contributed by atoms with Gasteiger partial charge in [-0.2, -0.15) is 0 Å². The second-order valence-electron chi connectivity index (χ2n) is 6.19. The number of carbonyl (C=O) groups is 2. The van der Waals surface area contributed by atoms with Gasteiger partial charge in [0.2, 0.25) is 11.8 Å². The zero-order valence-electron chi connectivity index (χ0n) is 16.2.